The van der Waals surface area contributed by atoms with Crippen molar-refractivity contribution in [2.75, 3.05) is 13.2 Å². The summed E-state index contributed by atoms with van der Waals surface area (Å²) in [6.07, 6.45) is -0.609. The Morgan fingerprint density at radius 3 is 2.06 bits per heavy atom. The normalized spacial score (nSPS) is 13.3. The highest BCUT2D eigenvalue weighted by Crippen LogP contribution is 2.44. The number of nitrogens with one attached hydrogen (secondary N) is 1. The number of carbonyl (C=O) groups is 3. The van der Waals surface area contributed by atoms with Gasteiger partial charge in [0.2, 0.25) is 0 Å². The van der Waals surface area contributed by atoms with Gasteiger partial charge in [-0.15, -0.1) is 0 Å². The van der Waals surface area contributed by atoms with Crippen molar-refractivity contribution in [3.63, 3.8) is 0 Å². The Balaban J connectivity index is 1.65. The van der Waals surface area contributed by atoms with E-state index in [1.807, 2.05) is 50.2 Å². The average Bonchev–Trinajstić information content (AvgIpc) is 3.05. The lowest BCUT2D eigenvalue weighted by Gasteiger charge is -2.20. The van der Waals surface area contributed by atoms with Crippen molar-refractivity contribution in [3.05, 3.63) is 59.7 Å². The van der Waals surface area contributed by atoms with Gasteiger partial charge in [0.25, 0.3) is 0 Å². The van der Waals surface area contributed by atoms with Crippen LogP contribution in [0.25, 0.3) is 11.1 Å². The van der Waals surface area contributed by atoms with Crippen LogP contribution in [0.1, 0.15) is 50.7 Å². The van der Waals surface area contributed by atoms with E-state index in [1.54, 1.807) is 6.92 Å². The van der Waals surface area contributed by atoms with E-state index < -0.39 is 18.1 Å². The number of esters is 1. The molecule has 2 aromatic rings. The van der Waals surface area contributed by atoms with Crippen LogP contribution in [-0.2, 0) is 19.1 Å². The first-order valence-electron chi connectivity index (χ1n) is 10.7. The Bertz CT molecular complexity index is 907. The summed E-state index contributed by atoms with van der Waals surface area (Å²) in [7, 11) is 0. The van der Waals surface area contributed by atoms with E-state index in [0.717, 1.165) is 22.3 Å². The van der Waals surface area contributed by atoms with Crippen LogP contribution in [0, 0.1) is 5.92 Å². The van der Waals surface area contributed by atoms with Crippen LogP contribution in [0.4, 0.5) is 4.79 Å². The third kappa shape index (κ3) is 5.51. The predicted octanol–water partition coefficient (Wildman–Crippen LogP) is 4.46. The molecule has 0 heterocycles. The van der Waals surface area contributed by atoms with E-state index in [1.165, 1.54) is 0 Å². The molecule has 0 aromatic heterocycles. The molecule has 0 saturated heterocycles. The predicted molar refractivity (Wildman–Crippen MR) is 118 cm³/mol. The lowest BCUT2D eigenvalue weighted by molar-refractivity contribution is -0.146. The summed E-state index contributed by atoms with van der Waals surface area (Å²) in [5, 5.41) is 2.65. The van der Waals surface area contributed by atoms with Crippen molar-refractivity contribution in [2.45, 2.75) is 45.6 Å². The standard InChI is InChI=1S/C25H29NO5/c1-4-30-24(28)14-23(27)22(13-16(2)3)26-25(29)31-15-21-19-11-7-5-9-17(19)18-10-6-8-12-20(18)21/h5-12,16,21-22H,4,13-15H2,1-3H3,(H,26,29)/t22-/m0/s1. The number of alkyl carbamates (subject to hydrolysis) is 1. The summed E-state index contributed by atoms with van der Waals surface area (Å²) in [5.74, 6) is -0.863. The quantitative estimate of drug-likeness (QED) is 0.476. The molecule has 0 radical (unpaired) electrons. The van der Waals surface area contributed by atoms with Gasteiger partial charge in [-0.3, -0.25) is 9.59 Å². The Morgan fingerprint density at radius 1 is 0.935 bits per heavy atom. The zero-order valence-corrected chi connectivity index (χ0v) is 18.2. The summed E-state index contributed by atoms with van der Waals surface area (Å²) >= 11 is 0. The Kier molecular flexibility index (Phi) is 7.45. The third-order valence-electron chi connectivity index (χ3n) is 5.36. The van der Waals surface area contributed by atoms with Crippen molar-refractivity contribution in [3.8, 4) is 11.1 Å². The van der Waals surface area contributed by atoms with Gasteiger partial charge in [0.05, 0.1) is 12.6 Å². The minimum atomic E-state index is -0.792. The summed E-state index contributed by atoms with van der Waals surface area (Å²) in [5.41, 5.74) is 4.53. The number of fused-ring (bicyclic) bond motifs is 3. The maximum atomic E-state index is 12.5. The molecule has 31 heavy (non-hydrogen) atoms. The molecule has 6 heteroatoms. The van der Waals surface area contributed by atoms with Gasteiger partial charge in [-0.1, -0.05) is 62.4 Å². The van der Waals surface area contributed by atoms with Crippen molar-refractivity contribution in [2.24, 2.45) is 5.92 Å². The molecule has 2 aromatic carbocycles. The fourth-order valence-corrected chi connectivity index (χ4v) is 4.00. The Morgan fingerprint density at radius 2 is 1.52 bits per heavy atom. The van der Waals surface area contributed by atoms with Gasteiger partial charge in [-0.25, -0.2) is 4.79 Å². The number of rotatable bonds is 9. The van der Waals surface area contributed by atoms with Gasteiger partial charge >= 0.3 is 12.1 Å². The van der Waals surface area contributed by atoms with Gasteiger partial charge in [-0.2, -0.15) is 0 Å². The number of ether oxygens (including phenoxy) is 2. The van der Waals surface area contributed by atoms with Crippen molar-refractivity contribution in [1.82, 2.24) is 5.32 Å². The number of benzene rings is 2. The number of hydrogen-bond acceptors (Lipinski definition) is 5. The topological polar surface area (TPSA) is 81.7 Å². The van der Waals surface area contributed by atoms with E-state index in [9.17, 15) is 14.4 Å². The number of hydrogen-bond donors (Lipinski definition) is 1. The van der Waals surface area contributed by atoms with Gasteiger partial charge in [0.15, 0.2) is 5.78 Å². The second-order valence-electron chi connectivity index (χ2n) is 8.10. The Labute approximate surface area is 182 Å². The van der Waals surface area contributed by atoms with Crippen molar-refractivity contribution in [1.29, 1.82) is 0 Å². The van der Waals surface area contributed by atoms with Crippen LogP contribution < -0.4 is 5.32 Å². The summed E-state index contributed by atoms with van der Waals surface area (Å²) in [6, 6.07) is 15.4. The summed E-state index contributed by atoms with van der Waals surface area (Å²) < 4.78 is 10.4. The van der Waals surface area contributed by atoms with E-state index >= 15 is 0 Å². The minimum Gasteiger partial charge on any atom is -0.466 e. The second-order valence-corrected chi connectivity index (χ2v) is 8.10. The fraction of sp³-hybridized carbons (Fsp3) is 0.400. The van der Waals surface area contributed by atoms with Crippen LogP contribution in [-0.4, -0.2) is 37.1 Å². The first kappa shape index (κ1) is 22.5. The first-order valence-corrected chi connectivity index (χ1v) is 10.7. The second kappa shape index (κ2) is 10.2. The molecule has 0 bridgehead atoms. The zero-order chi connectivity index (χ0) is 22.4. The summed E-state index contributed by atoms with van der Waals surface area (Å²) in [4.78, 5) is 36.7. The molecule has 0 unspecified atom stereocenters. The molecule has 0 saturated carbocycles. The van der Waals surface area contributed by atoms with Crippen LogP contribution in [0.2, 0.25) is 0 Å². The number of amides is 1. The smallest absolute Gasteiger partial charge is 0.407 e. The van der Waals surface area contributed by atoms with Gasteiger partial charge < -0.3 is 14.8 Å². The number of carbonyl (C=O) groups excluding carboxylic acids is 3. The summed E-state index contributed by atoms with van der Waals surface area (Å²) in [6.45, 7) is 5.96. The molecular weight excluding hydrogens is 394 g/mol. The van der Waals surface area contributed by atoms with Crippen molar-refractivity contribution >= 4 is 17.8 Å². The van der Waals surface area contributed by atoms with Gasteiger partial charge in [0, 0.05) is 5.92 Å². The molecule has 1 aliphatic rings. The average molecular weight is 424 g/mol. The molecule has 1 atom stereocenters. The monoisotopic (exact) mass is 423 g/mol. The Hall–Kier alpha value is -3.15. The maximum absolute atomic E-state index is 12.5. The molecule has 1 aliphatic carbocycles. The SMILES string of the molecule is CCOC(=O)CC(=O)[C@H](CC(C)C)NC(=O)OCC1c2ccccc2-c2ccccc21. The molecule has 1 amide bonds. The van der Waals surface area contributed by atoms with E-state index in [4.69, 9.17) is 9.47 Å². The van der Waals surface area contributed by atoms with Crippen LogP contribution in [0.5, 0.6) is 0 Å². The molecular formula is C25H29NO5. The highest BCUT2D eigenvalue weighted by atomic mass is 16.5. The zero-order valence-electron chi connectivity index (χ0n) is 18.2. The molecule has 1 N–H and O–H groups in total. The van der Waals surface area contributed by atoms with Gasteiger partial charge in [0.1, 0.15) is 13.0 Å². The van der Waals surface area contributed by atoms with Crippen LogP contribution >= 0.6 is 0 Å². The van der Waals surface area contributed by atoms with Crippen LogP contribution in [0.3, 0.4) is 0 Å². The highest BCUT2D eigenvalue weighted by molar-refractivity contribution is 5.99. The van der Waals surface area contributed by atoms with Crippen molar-refractivity contribution < 1.29 is 23.9 Å². The molecule has 0 aliphatic heterocycles. The number of ketones is 1. The third-order valence-corrected chi connectivity index (χ3v) is 5.36. The van der Waals surface area contributed by atoms with Gasteiger partial charge in [-0.05, 0) is 41.5 Å². The molecule has 164 valence electrons. The van der Waals surface area contributed by atoms with E-state index in [2.05, 4.69) is 17.4 Å². The van der Waals surface area contributed by atoms with Crippen LogP contribution in [0.15, 0.2) is 48.5 Å². The first-order chi connectivity index (χ1) is 14.9. The molecule has 6 nitrogen and oxygen atoms in total. The lowest BCUT2D eigenvalue weighted by Crippen LogP contribution is -2.43. The van der Waals surface area contributed by atoms with E-state index in [-0.39, 0.29) is 37.3 Å². The molecule has 3 rings (SSSR count). The van der Waals surface area contributed by atoms with E-state index in [0.29, 0.717) is 6.42 Å². The minimum absolute atomic E-state index is 0.0584. The maximum Gasteiger partial charge on any atom is 0.407 e. The largest absolute Gasteiger partial charge is 0.466 e. The highest BCUT2D eigenvalue weighted by Gasteiger charge is 2.30. The fourth-order valence-electron chi connectivity index (χ4n) is 4.00. The molecule has 0 spiro atoms. The number of Topliss-reactive ketones (excluding diaryl/α,β-unsaturated/α-hetero) is 1. The molecule has 0 fully saturated rings. The lowest BCUT2D eigenvalue weighted by atomic mass is 9.98.